The van der Waals surface area contributed by atoms with Crippen LogP contribution in [0.15, 0.2) is 114 Å². The van der Waals surface area contributed by atoms with Gasteiger partial charge in [0.15, 0.2) is 8.07 Å². The summed E-state index contributed by atoms with van der Waals surface area (Å²) in [6.07, 6.45) is 4.74. The molecule has 1 heteroatoms. The third-order valence-corrected chi connectivity index (χ3v) is 10.2. The Balaban J connectivity index is 2.10. The predicted octanol–water partition coefficient (Wildman–Crippen LogP) is 4.18. The Kier molecular flexibility index (Phi) is 4.48. The largest absolute Gasteiger partial charge is 0.163 e. The van der Waals surface area contributed by atoms with Crippen LogP contribution in [0, 0.1) is 5.54 Å². The maximum absolute atomic E-state index is 2.41. The van der Waals surface area contributed by atoms with Gasteiger partial charge in [-0.15, -0.1) is 0 Å². The van der Waals surface area contributed by atoms with Crippen molar-refractivity contribution < 1.29 is 0 Å². The Morgan fingerprint density at radius 2 is 0.885 bits per heavy atom. The van der Waals surface area contributed by atoms with Crippen molar-refractivity contribution in [1.29, 1.82) is 0 Å². The molecule has 0 heterocycles. The number of hydrogen-bond donors (Lipinski definition) is 0. The van der Waals surface area contributed by atoms with Crippen molar-refractivity contribution in [2.45, 2.75) is 13.8 Å². The van der Waals surface area contributed by atoms with Crippen LogP contribution in [0.4, 0.5) is 0 Å². The van der Waals surface area contributed by atoms with Gasteiger partial charge in [0.05, 0.1) is 0 Å². The lowest BCUT2D eigenvalue weighted by Crippen LogP contribution is -2.70. The van der Waals surface area contributed by atoms with E-state index in [9.17, 15) is 0 Å². The van der Waals surface area contributed by atoms with Crippen LogP contribution in [-0.4, -0.2) is 8.07 Å². The molecule has 0 atom stereocenters. The van der Waals surface area contributed by atoms with Crippen LogP contribution in [0.1, 0.15) is 13.8 Å². The predicted molar refractivity (Wildman–Crippen MR) is 115 cm³/mol. The summed E-state index contributed by atoms with van der Waals surface area (Å²) in [5.74, 6) is 0. The average Bonchev–Trinajstić information content (AvgIpc) is 3.03. The van der Waals surface area contributed by atoms with E-state index in [0.717, 1.165) is 0 Å². The molecule has 0 amide bonds. The molecule has 0 saturated carbocycles. The normalized spacial score (nSPS) is 14.8. The minimum atomic E-state index is -2.32. The van der Waals surface area contributed by atoms with E-state index in [1.54, 1.807) is 0 Å². The molecule has 127 valence electrons. The topological polar surface area (TPSA) is 0 Å². The zero-order chi connectivity index (χ0) is 18.0. The quantitative estimate of drug-likeness (QED) is 0.489. The molecular weight excluding hydrogens is 328 g/mol. The monoisotopic (exact) mass is 351 g/mol. The van der Waals surface area contributed by atoms with Crippen molar-refractivity contribution in [3.05, 3.63) is 120 Å². The molecule has 0 aromatic heterocycles. The summed E-state index contributed by atoms with van der Waals surface area (Å²) in [5, 5.41) is 4.31. The lowest BCUT2D eigenvalue weighted by atomic mass is 10.3. The lowest BCUT2D eigenvalue weighted by Gasteiger charge is -2.38. The minimum absolute atomic E-state index is 1.34. The molecule has 4 rings (SSSR count). The van der Waals surface area contributed by atoms with Crippen molar-refractivity contribution in [3.63, 3.8) is 0 Å². The van der Waals surface area contributed by atoms with Crippen LogP contribution < -0.4 is 15.6 Å². The Morgan fingerprint density at radius 3 is 1.19 bits per heavy atom. The summed E-state index contributed by atoms with van der Waals surface area (Å²) in [5.41, 5.74) is 4.24. The van der Waals surface area contributed by atoms with Crippen LogP contribution in [0.3, 0.4) is 0 Å². The number of allylic oxidation sites excluding steroid dienone is 4. The summed E-state index contributed by atoms with van der Waals surface area (Å²) in [4.78, 5) is 0. The summed E-state index contributed by atoms with van der Waals surface area (Å²) < 4.78 is 0. The van der Waals surface area contributed by atoms with E-state index in [4.69, 9.17) is 0 Å². The van der Waals surface area contributed by atoms with Crippen molar-refractivity contribution in [3.8, 4) is 0 Å². The molecular formula is C25H23Si. The van der Waals surface area contributed by atoms with Gasteiger partial charge < -0.3 is 0 Å². The fraction of sp³-hybridized carbons (Fsp3) is 0.0800. The molecule has 1 aliphatic carbocycles. The summed E-state index contributed by atoms with van der Waals surface area (Å²) in [6.45, 7) is 4.47. The third-order valence-electron chi connectivity index (χ3n) is 5.27. The summed E-state index contributed by atoms with van der Waals surface area (Å²) >= 11 is 0. The van der Waals surface area contributed by atoms with Gasteiger partial charge in [0.1, 0.15) is 0 Å². The first kappa shape index (κ1) is 16.8. The fourth-order valence-electron chi connectivity index (χ4n) is 4.24. The van der Waals surface area contributed by atoms with Crippen LogP contribution in [0.5, 0.6) is 0 Å². The van der Waals surface area contributed by atoms with E-state index in [0.29, 0.717) is 0 Å². The molecule has 1 radical (unpaired) electrons. The van der Waals surface area contributed by atoms with Gasteiger partial charge in [-0.3, -0.25) is 0 Å². The molecule has 0 fully saturated rings. The SMILES string of the molecule is CC1=C[C]([Si](c2ccccc2)(c2ccccc2)c2ccccc2)C(C)=C1. The Morgan fingerprint density at radius 1 is 0.500 bits per heavy atom. The van der Waals surface area contributed by atoms with E-state index in [2.05, 4.69) is 117 Å². The molecule has 0 unspecified atom stereocenters. The van der Waals surface area contributed by atoms with Crippen molar-refractivity contribution in [2.75, 3.05) is 0 Å². The Hall–Kier alpha value is -2.64. The first-order valence-corrected chi connectivity index (χ1v) is 11.1. The molecule has 0 N–H and O–H groups in total. The highest BCUT2D eigenvalue weighted by atomic mass is 28.3. The van der Waals surface area contributed by atoms with Crippen LogP contribution in [-0.2, 0) is 0 Å². The van der Waals surface area contributed by atoms with E-state index >= 15 is 0 Å². The van der Waals surface area contributed by atoms with Gasteiger partial charge in [0.2, 0.25) is 0 Å². The second-order valence-electron chi connectivity index (χ2n) is 6.98. The highest BCUT2D eigenvalue weighted by Gasteiger charge is 2.47. The van der Waals surface area contributed by atoms with E-state index in [1.165, 1.54) is 32.2 Å². The van der Waals surface area contributed by atoms with Crippen molar-refractivity contribution in [2.24, 2.45) is 0 Å². The van der Waals surface area contributed by atoms with E-state index in [1.807, 2.05) is 0 Å². The number of benzene rings is 3. The Labute approximate surface area is 157 Å². The van der Waals surface area contributed by atoms with Crippen molar-refractivity contribution in [1.82, 2.24) is 0 Å². The van der Waals surface area contributed by atoms with E-state index in [-0.39, 0.29) is 0 Å². The third kappa shape index (κ3) is 2.69. The van der Waals surface area contributed by atoms with E-state index < -0.39 is 8.07 Å². The molecule has 26 heavy (non-hydrogen) atoms. The first-order chi connectivity index (χ1) is 12.7. The highest BCUT2D eigenvalue weighted by molar-refractivity contribution is 7.15. The maximum atomic E-state index is 2.41. The lowest BCUT2D eigenvalue weighted by molar-refractivity contribution is 1.39. The molecule has 0 saturated heterocycles. The zero-order valence-corrected chi connectivity index (χ0v) is 16.3. The van der Waals surface area contributed by atoms with Gasteiger partial charge in [-0.05, 0) is 29.4 Å². The van der Waals surface area contributed by atoms with Gasteiger partial charge >= 0.3 is 0 Å². The molecule has 0 spiro atoms. The Bertz CT molecular complexity index is 841. The fourth-order valence-corrected chi connectivity index (χ4v) is 9.36. The molecule has 0 bridgehead atoms. The smallest absolute Gasteiger partial charge is 0.0721 e. The second kappa shape index (κ2) is 6.93. The zero-order valence-electron chi connectivity index (χ0n) is 15.3. The average molecular weight is 352 g/mol. The summed E-state index contributed by atoms with van der Waals surface area (Å²) in [6, 6.07) is 33.3. The molecule has 3 aromatic carbocycles. The van der Waals surface area contributed by atoms with Gasteiger partial charge in [-0.25, -0.2) is 0 Å². The standard InChI is InChI=1S/C25H23Si/c1-20-18-21(2)25(19-20)26(22-12-6-3-7-13-22,23-14-8-4-9-15-23)24-16-10-5-11-17-24/h3-19H,1-2H3. The molecule has 0 nitrogen and oxygen atoms in total. The maximum Gasteiger partial charge on any atom is 0.163 e. The minimum Gasteiger partial charge on any atom is -0.0721 e. The number of hydrogen-bond acceptors (Lipinski definition) is 0. The second-order valence-corrected chi connectivity index (χ2v) is 10.7. The summed E-state index contributed by atoms with van der Waals surface area (Å²) in [7, 11) is -2.32. The van der Waals surface area contributed by atoms with Crippen LogP contribution >= 0.6 is 0 Å². The van der Waals surface area contributed by atoms with Gasteiger partial charge in [-0.1, -0.05) is 114 Å². The van der Waals surface area contributed by atoms with Gasteiger partial charge in [-0.2, -0.15) is 0 Å². The highest BCUT2D eigenvalue weighted by Crippen LogP contribution is 2.33. The van der Waals surface area contributed by atoms with Gasteiger partial charge in [0.25, 0.3) is 0 Å². The van der Waals surface area contributed by atoms with Crippen LogP contribution in [0.25, 0.3) is 0 Å². The van der Waals surface area contributed by atoms with Crippen LogP contribution in [0.2, 0.25) is 0 Å². The molecule has 3 aromatic rings. The molecule has 0 aliphatic heterocycles. The molecule has 1 aliphatic rings. The van der Waals surface area contributed by atoms with Gasteiger partial charge in [0, 0.05) is 5.54 Å². The van der Waals surface area contributed by atoms with Crippen molar-refractivity contribution >= 4 is 23.6 Å². The number of rotatable bonds is 4. The first-order valence-electron chi connectivity index (χ1n) is 9.14.